The zero-order valence-corrected chi connectivity index (χ0v) is 11.5. The van der Waals surface area contributed by atoms with Crippen LogP contribution in [-0.2, 0) is 6.42 Å². The number of halogens is 6. The van der Waals surface area contributed by atoms with E-state index in [9.17, 15) is 0 Å². The third-order valence-corrected chi connectivity index (χ3v) is 4.12. The fourth-order valence-corrected chi connectivity index (χ4v) is 2.41. The van der Waals surface area contributed by atoms with Crippen molar-refractivity contribution >= 4 is 74.8 Å². The van der Waals surface area contributed by atoms with Crippen molar-refractivity contribution in [3.63, 3.8) is 0 Å². The van der Waals surface area contributed by atoms with Crippen molar-refractivity contribution in [2.75, 3.05) is 0 Å². The van der Waals surface area contributed by atoms with E-state index in [0.29, 0.717) is 5.56 Å². The van der Waals surface area contributed by atoms with Crippen molar-refractivity contribution in [3.05, 3.63) is 30.7 Å². The summed E-state index contributed by atoms with van der Waals surface area (Å²) in [4.78, 5) is 0. The molecule has 0 aliphatic rings. The van der Waals surface area contributed by atoms with Gasteiger partial charge in [0, 0.05) is 6.42 Å². The van der Waals surface area contributed by atoms with Crippen molar-refractivity contribution in [2.45, 2.75) is 6.42 Å². The third kappa shape index (κ3) is 2.85. The number of hydrogen-bond acceptors (Lipinski definition) is 1. The van der Waals surface area contributed by atoms with E-state index in [1.807, 2.05) is 0 Å². The van der Waals surface area contributed by atoms with Gasteiger partial charge in [0.05, 0.1) is 25.1 Å². The van der Waals surface area contributed by atoms with Gasteiger partial charge in [-0.05, 0) is 5.56 Å². The molecule has 0 saturated heterocycles. The van der Waals surface area contributed by atoms with Crippen LogP contribution in [0.2, 0.25) is 25.1 Å². The van der Waals surface area contributed by atoms with Crippen LogP contribution in [0.25, 0.3) is 0 Å². The Morgan fingerprint density at radius 1 is 0.800 bits per heavy atom. The van der Waals surface area contributed by atoms with Gasteiger partial charge in [0.2, 0.25) is 0 Å². The Hall–Kier alpha value is 0.630. The van der Waals surface area contributed by atoms with E-state index in [-0.39, 0.29) is 36.7 Å². The lowest BCUT2D eigenvalue weighted by atomic mass is 10.1. The van der Waals surface area contributed by atoms with Crippen LogP contribution in [-0.4, -0.2) is 5.17 Å². The summed E-state index contributed by atoms with van der Waals surface area (Å²) < 4.78 is 0. The lowest BCUT2D eigenvalue weighted by Crippen LogP contribution is -1.97. The van der Waals surface area contributed by atoms with Crippen molar-refractivity contribution in [2.24, 2.45) is 0 Å². The molecule has 0 aliphatic carbocycles. The number of benzene rings is 1. The average Bonchev–Trinajstić information content (AvgIpc) is 2.18. The lowest BCUT2D eigenvalue weighted by molar-refractivity contribution is 1.31. The summed E-state index contributed by atoms with van der Waals surface area (Å²) in [5, 5.41) is 7.69. The monoisotopic (exact) mass is 323 g/mol. The lowest BCUT2D eigenvalue weighted by Gasteiger charge is -2.11. The summed E-state index contributed by atoms with van der Waals surface area (Å²) in [6.07, 6.45) is 0.0653. The normalized spacial score (nSPS) is 10.5. The highest BCUT2D eigenvalue weighted by molar-refractivity contribution is 6.65. The van der Waals surface area contributed by atoms with Gasteiger partial charge in [0.15, 0.2) is 0 Å². The van der Waals surface area contributed by atoms with Crippen molar-refractivity contribution in [3.8, 4) is 0 Å². The molecule has 0 atom stereocenters. The summed E-state index contributed by atoms with van der Waals surface area (Å²) in [5.41, 5.74) is 0.401. The van der Waals surface area contributed by atoms with Gasteiger partial charge < -0.3 is 0 Å². The van der Waals surface area contributed by atoms with Crippen LogP contribution in [0.3, 0.4) is 0 Å². The van der Waals surface area contributed by atoms with E-state index in [1.54, 1.807) is 0 Å². The first-order chi connectivity index (χ1) is 6.86. The maximum absolute atomic E-state index is 7.15. The molecule has 1 aromatic rings. The van der Waals surface area contributed by atoms with Gasteiger partial charge in [-0.15, -0.1) is 0 Å². The van der Waals surface area contributed by atoms with E-state index >= 15 is 0 Å². The minimum absolute atomic E-state index is 0.0653. The van der Waals surface area contributed by atoms with Gasteiger partial charge in [-0.3, -0.25) is 5.41 Å². The molecule has 1 aromatic carbocycles. The summed E-state index contributed by atoms with van der Waals surface area (Å²) in [5.74, 6) is 0. The molecule has 1 rings (SSSR count). The molecule has 0 unspecified atom stereocenters. The molecule has 0 heterocycles. The summed E-state index contributed by atoms with van der Waals surface area (Å²) in [6.45, 7) is 0. The van der Waals surface area contributed by atoms with Crippen LogP contribution in [0, 0.1) is 5.41 Å². The number of rotatable bonds is 2. The fourth-order valence-electron chi connectivity index (χ4n) is 0.961. The Morgan fingerprint density at radius 3 is 1.47 bits per heavy atom. The molecule has 0 amide bonds. The van der Waals surface area contributed by atoms with Gasteiger partial charge in [0.25, 0.3) is 0 Å². The minimum Gasteiger partial charge on any atom is -0.293 e. The Balaban J connectivity index is 3.45. The molecule has 0 spiro atoms. The quantitative estimate of drug-likeness (QED) is 0.409. The molecule has 15 heavy (non-hydrogen) atoms. The van der Waals surface area contributed by atoms with E-state index in [1.165, 1.54) is 0 Å². The second kappa shape index (κ2) is 5.31. The summed E-state index contributed by atoms with van der Waals surface area (Å²) >= 11 is 34.7. The van der Waals surface area contributed by atoms with Gasteiger partial charge in [0.1, 0.15) is 5.17 Å². The van der Waals surface area contributed by atoms with Crippen LogP contribution >= 0.6 is 69.6 Å². The Labute approximate surface area is 117 Å². The van der Waals surface area contributed by atoms with E-state index in [2.05, 4.69) is 0 Å². The van der Waals surface area contributed by atoms with E-state index in [4.69, 9.17) is 75.0 Å². The Morgan fingerprint density at radius 2 is 1.13 bits per heavy atom. The van der Waals surface area contributed by atoms with Crippen LogP contribution in [0.4, 0.5) is 0 Å². The molecule has 82 valence electrons. The Kier molecular flexibility index (Phi) is 4.85. The Bertz CT molecular complexity index is 399. The molecule has 1 nitrogen and oxygen atoms in total. The first-order valence-corrected chi connectivity index (χ1v) is 5.86. The first kappa shape index (κ1) is 13.7. The maximum atomic E-state index is 7.15. The molecule has 0 fully saturated rings. The summed E-state index contributed by atoms with van der Waals surface area (Å²) in [6, 6.07) is 0. The maximum Gasteiger partial charge on any atom is 0.101 e. The van der Waals surface area contributed by atoms with Crippen LogP contribution < -0.4 is 0 Å². The highest BCUT2D eigenvalue weighted by Crippen LogP contribution is 2.44. The summed E-state index contributed by atoms with van der Waals surface area (Å²) in [7, 11) is 0. The molecule has 1 N–H and O–H groups in total. The van der Waals surface area contributed by atoms with Gasteiger partial charge in [-0.25, -0.2) is 0 Å². The fraction of sp³-hybridized carbons (Fsp3) is 0.125. The molecule has 0 aromatic heterocycles. The molecular formula is C8H3Cl6N. The molecule has 0 saturated carbocycles. The zero-order valence-electron chi connectivity index (χ0n) is 6.97. The standard InChI is InChI=1S/C8H3Cl6N/c9-3(15)1-2-4(10)6(12)8(14)7(13)5(2)11/h15H,1H2. The van der Waals surface area contributed by atoms with Crippen molar-refractivity contribution in [1.82, 2.24) is 0 Å². The SMILES string of the molecule is N=C(Cl)Cc1c(Cl)c(Cl)c(Cl)c(Cl)c1Cl. The van der Waals surface area contributed by atoms with Crippen LogP contribution in [0.5, 0.6) is 0 Å². The predicted molar refractivity (Wildman–Crippen MR) is 68.8 cm³/mol. The topological polar surface area (TPSA) is 23.9 Å². The highest BCUT2D eigenvalue weighted by atomic mass is 35.5. The highest BCUT2D eigenvalue weighted by Gasteiger charge is 2.19. The molecule has 7 heteroatoms. The molecule has 0 radical (unpaired) electrons. The predicted octanol–water partition coefficient (Wildman–Crippen LogP) is 5.71. The van der Waals surface area contributed by atoms with E-state index in [0.717, 1.165) is 0 Å². The number of nitrogens with one attached hydrogen (secondary N) is 1. The molecule has 0 bridgehead atoms. The van der Waals surface area contributed by atoms with Crippen LogP contribution in [0.1, 0.15) is 5.56 Å². The van der Waals surface area contributed by atoms with Crippen molar-refractivity contribution in [1.29, 1.82) is 5.41 Å². The molecular weight excluding hydrogens is 323 g/mol. The van der Waals surface area contributed by atoms with Crippen molar-refractivity contribution < 1.29 is 0 Å². The van der Waals surface area contributed by atoms with Gasteiger partial charge in [-0.1, -0.05) is 69.6 Å². The zero-order chi connectivity index (χ0) is 11.7. The van der Waals surface area contributed by atoms with Gasteiger partial charge in [-0.2, -0.15) is 0 Å². The second-order valence-electron chi connectivity index (χ2n) is 2.63. The third-order valence-electron chi connectivity index (χ3n) is 1.63. The molecule has 0 aliphatic heterocycles. The second-order valence-corrected chi connectivity index (χ2v) is 4.98. The van der Waals surface area contributed by atoms with E-state index < -0.39 is 0 Å². The smallest absolute Gasteiger partial charge is 0.101 e. The largest absolute Gasteiger partial charge is 0.293 e. The number of hydrogen-bond donors (Lipinski definition) is 1. The average molecular weight is 326 g/mol. The van der Waals surface area contributed by atoms with Crippen LogP contribution in [0.15, 0.2) is 0 Å². The first-order valence-electron chi connectivity index (χ1n) is 3.59. The van der Waals surface area contributed by atoms with Gasteiger partial charge >= 0.3 is 0 Å². The minimum atomic E-state index is -0.117.